The first-order valence-electron chi connectivity index (χ1n) is 7.24. The van der Waals surface area contributed by atoms with E-state index >= 15 is 0 Å². The van der Waals surface area contributed by atoms with Crippen molar-refractivity contribution >= 4 is 11.9 Å². The summed E-state index contributed by atoms with van der Waals surface area (Å²) < 4.78 is 10.1. The van der Waals surface area contributed by atoms with Gasteiger partial charge >= 0.3 is 0 Å². The number of aliphatic hydroxyl groups is 2. The number of benzene rings is 1. The summed E-state index contributed by atoms with van der Waals surface area (Å²) >= 11 is 0. The highest BCUT2D eigenvalue weighted by Crippen LogP contribution is 2.21. The lowest BCUT2D eigenvalue weighted by atomic mass is 10.2. The van der Waals surface area contributed by atoms with Gasteiger partial charge in [0.2, 0.25) is 11.9 Å². The first-order valence-corrected chi connectivity index (χ1v) is 7.24. The van der Waals surface area contributed by atoms with Crippen LogP contribution in [0.2, 0.25) is 0 Å². The maximum Gasteiger partial charge on any atom is 0.234 e. The van der Waals surface area contributed by atoms with Gasteiger partial charge in [-0.05, 0) is 0 Å². The molecule has 0 aliphatic heterocycles. The molecule has 0 aliphatic carbocycles. The van der Waals surface area contributed by atoms with Gasteiger partial charge in [0.15, 0.2) is 5.82 Å². The van der Waals surface area contributed by atoms with Crippen LogP contribution in [0.15, 0.2) is 30.3 Å². The van der Waals surface area contributed by atoms with Crippen molar-refractivity contribution in [2.45, 2.75) is 0 Å². The van der Waals surface area contributed by atoms with Crippen molar-refractivity contribution in [3.05, 3.63) is 30.3 Å². The molecule has 2 aromatic rings. The number of hydrogen-bond acceptors (Lipinski definition) is 9. The average molecular weight is 335 g/mol. The van der Waals surface area contributed by atoms with Gasteiger partial charge in [-0.25, -0.2) is 0 Å². The predicted molar refractivity (Wildman–Crippen MR) is 88.1 cm³/mol. The summed E-state index contributed by atoms with van der Waals surface area (Å²) in [6.07, 6.45) is 0. The zero-order chi connectivity index (χ0) is 17.4. The summed E-state index contributed by atoms with van der Waals surface area (Å²) in [5, 5.41) is 19.0. The molecular formula is C15H21N5O4. The Morgan fingerprint density at radius 1 is 0.833 bits per heavy atom. The van der Waals surface area contributed by atoms with E-state index in [1.165, 1.54) is 24.0 Å². The highest BCUT2D eigenvalue weighted by atomic mass is 16.5. The fourth-order valence-electron chi connectivity index (χ4n) is 1.99. The molecule has 2 rings (SSSR count). The van der Waals surface area contributed by atoms with Crippen molar-refractivity contribution in [2.75, 3.05) is 50.9 Å². The standard InChI is InChI=1S/C15H21N5O4/c1-23-10-19(8-21)14-16-13(12-6-4-3-5-7-12)17-15(18-14)20(9-22)11-24-2/h3-7,21-22H,8-11H2,1-2H3. The fraction of sp³-hybridized carbons (Fsp3) is 0.400. The van der Waals surface area contributed by atoms with E-state index in [1.807, 2.05) is 30.3 Å². The van der Waals surface area contributed by atoms with Crippen LogP contribution < -0.4 is 9.80 Å². The van der Waals surface area contributed by atoms with Gasteiger partial charge in [-0.15, -0.1) is 0 Å². The quantitative estimate of drug-likeness (QED) is 0.624. The molecule has 0 saturated heterocycles. The third-order valence-electron chi connectivity index (χ3n) is 3.12. The van der Waals surface area contributed by atoms with E-state index in [2.05, 4.69) is 15.0 Å². The van der Waals surface area contributed by atoms with E-state index in [1.54, 1.807) is 0 Å². The number of rotatable bonds is 9. The molecule has 1 aromatic heterocycles. The van der Waals surface area contributed by atoms with Crippen molar-refractivity contribution in [3.63, 3.8) is 0 Å². The number of methoxy groups -OCH3 is 2. The molecular weight excluding hydrogens is 314 g/mol. The molecule has 9 heteroatoms. The summed E-state index contributed by atoms with van der Waals surface area (Å²) in [6, 6.07) is 9.36. The minimum absolute atomic E-state index is 0.109. The zero-order valence-corrected chi connectivity index (χ0v) is 13.7. The van der Waals surface area contributed by atoms with Crippen LogP contribution in [-0.2, 0) is 9.47 Å². The Kier molecular flexibility index (Phi) is 6.82. The molecule has 9 nitrogen and oxygen atoms in total. The van der Waals surface area contributed by atoms with Gasteiger partial charge in [0, 0.05) is 19.8 Å². The molecule has 0 saturated carbocycles. The molecule has 0 radical (unpaired) electrons. The third-order valence-corrected chi connectivity index (χ3v) is 3.12. The Balaban J connectivity index is 2.50. The molecule has 1 heterocycles. The van der Waals surface area contributed by atoms with Gasteiger partial charge in [0.05, 0.1) is 0 Å². The molecule has 0 fully saturated rings. The van der Waals surface area contributed by atoms with Gasteiger partial charge in [-0.3, -0.25) is 9.80 Å². The smallest absolute Gasteiger partial charge is 0.234 e. The zero-order valence-electron chi connectivity index (χ0n) is 13.7. The van der Waals surface area contributed by atoms with Crippen LogP contribution in [0, 0.1) is 0 Å². The Morgan fingerprint density at radius 2 is 1.33 bits per heavy atom. The van der Waals surface area contributed by atoms with Gasteiger partial charge in [0.1, 0.15) is 26.9 Å². The first kappa shape index (κ1) is 18.0. The molecule has 0 amide bonds. The maximum atomic E-state index is 9.52. The van der Waals surface area contributed by atoms with Gasteiger partial charge < -0.3 is 19.7 Å². The van der Waals surface area contributed by atoms with Crippen LogP contribution in [0.1, 0.15) is 0 Å². The minimum Gasteiger partial charge on any atom is -0.376 e. The molecule has 1 aromatic carbocycles. The van der Waals surface area contributed by atoms with Gasteiger partial charge in [-0.2, -0.15) is 15.0 Å². The average Bonchev–Trinajstić information content (AvgIpc) is 2.64. The van der Waals surface area contributed by atoms with Crippen molar-refractivity contribution in [1.82, 2.24) is 15.0 Å². The molecule has 0 aliphatic rings. The van der Waals surface area contributed by atoms with Crippen LogP contribution in [0.4, 0.5) is 11.9 Å². The minimum atomic E-state index is -0.324. The van der Waals surface area contributed by atoms with E-state index in [0.29, 0.717) is 5.82 Å². The summed E-state index contributed by atoms with van der Waals surface area (Å²) in [6.45, 7) is -0.432. The van der Waals surface area contributed by atoms with E-state index in [4.69, 9.17) is 9.47 Å². The number of aromatic nitrogens is 3. The lowest BCUT2D eigenvalue weighted by molar-refractivity contribution is 0.163. The molecule has 0 spiro atoms. The van der Waals surface area contributed by atoms with Crippen LogP contribution in [-0.4, -0.2) is 66.3 Å². The number of hydrogen-bond donors (Lipinski definition) is 2. The maximum absolute atomic E-state index is 9.52. The topological polar surface area (TPSA) is 104 Å². The SMILES string of the molecule is COCN(CO)c1nc(-c2ccccc2)nc(N(CO)COC)n1. The Morgan fingerprint density at radius 3 is 1.75 bits per heavy atom. The summed E-state index contributed by atoms with van der Waals surface area (Å²) in [5.74, 6) is 0.884. The summed E-state index contributed by atoms with van der Waals surface area (Å²) in [4.78, 5) is 15.9. The van der Waals surface area contributed by atoms with Crippen LogP contribution >= 0.6 is 0 Å². The van der Waals surface area contributed by atoms with E-state index < -0.39 is 0 Å². The fourth-order valence-corrected chi connectivity index (χ4v) is 1.99. The Hall–Kier alpha value is -2.33. The number of anilines is 2. The normalized spacial score (nSPS) is 10.7. The molecule has 0 atom stereocenters. The largest absolute Gasteiger partial charge is 0.376 e. The van der Waals surface area contributed by atoms with Gasteiger partial charge in [0.25, 0.3) is 0 Å². The van der Waals surface area contributed by atoms with Crippen LogP contribution in [0.3, 0.4) is 0 Å². The summed E-state index contributed by atoms with van der Waals surface area (Å²) in [7, 11) is 3.02. The molecule has 130 valence electrons. The van der Waals surface area contributed by atoms with Crippen LogP contribution in [0.25, 0.3) is 11.4 Å². The first-order chi connectivity index (χ1) is 11.7. The summed E-state index contributed by atoms with van der Waals surface area (Å²) in [5.41, 5.74) is 0.785. The highest BCUT2D eigenvalue weighted by molar-refractivity contribution is 5.58. The monoisotopic (exact) mass is 335 g/mol. The Bertz CT molecular complexity index is 596. The molecule has 2 N–H and O–H groups in total. The van der Waals surface area contributed by atoms with Crippen molar-refractivity contribution < 1.29 is 19.7 Å². The lowest BCUT2D eigenvalue weighted by Gasteiger charge is -2.23. The number of nitrogens with zero attached hydrogens (tertiary/aromatic N) is 5. The van der Waals surface area contributed by atoms with Gasteiger partial charge in [-0.1, -0.05) is 30.3 Å². The molecule has 0 bridgehead atoms. The van der Waals surface area contributed by atoms with E-state index in [-0.39, 0.29) is 38.8 Å². The lowest BCUT2D eigenvalue weighted by Crippen LogP contribution is -2.32. The van der Waals surface area contributed by atoms with E-state index in [0.717, 1.165) is 5.56 Å². The van der Waals surface area contributed by atoms with Crippen molar-refractivity contribution in [2.24, 2.45) is 0 Å². The second-order valence-corrected chi connectivity index (χ2v) is 4.82. The predicted octanol–water partition coefficient (Wildman–Crippen LogP) is 0.259. The highest BCUT2D eigenvalue weighted by Gasteiger charge is 2.17. The second kappa shape index (κ2) is 9.08. The van der Waals surface area contributed by atoms with Crippen molar-refractivity contribution in [3.8, 4) is 11.4 Å². The molecule has 0 unspecified atom stereocenters. The third kappa shape index (κ3) is 4.36. The molecule has 24 heavy (non-hydrogen) atoms. The number of aliphatic hydroxyl groups excluding tert-OH is 2. The van der Waals surface area contributed by atoms with Crippen LogP contribution in [0.5, 0.6) is 0 Å². The second-order valence-electron chi connectivity index (χ2n) is 4.82. The van der Waals surface area contributed by atoms with Crippen molar-refractivity contribution in [1.29, 1.82) is 0 Å². The Labute approximate surface area is 140 Å². The van der Waals surface area contributed by atoms with E-state index in [9.17, 15) is 10.2 Å². The number of ether oxygens (including phenoxy) is 2.